The molecule has 0 aromatic heterocycles. The van der Waals surface area contributed by atoms with E-state index >= 15 is 0 Å². The standard InChI is InChI=1S/C22H16F2N2O4/c23-16-4-2-1-3-13(16)10-21(27)26-18-11-15(6-7-17(18)24)25-22(28)14-5-8-19-20(9-14)30-12-29-19/h1-9,11H,10,12H2,(H,25,28)(H,26,27). The summed E-state index contributed by atoms with van der Waals surface area (Å²) in [5.41, 5.74) is 0.677. The second-order valence-electron chi connectivity index (χ2n) is 6.53. The van der Waals surface area contributed by atoms with E-state index in [9.17, 15) is 18.4 Å². The lowest BCUT2D eigenvalue weighted by Crippen LogP contribution is -2.17. The molecular formula is C22H16F2N2O4. The van der Waals surface area contributed by atoms with Gasteiger partial charge in [-0.2, -0.15) is 0 Å². The summed E-state index contributed by atoms with van der Waals surface area (Å²) >= 11 is 0. The lowest BCUT2D eigenvalue weighted by molar-refractivity contribution is -0.115. The average molecular weight is 410 g/mol. The summed E-state index contributed by atoms with van der Waals surface area (Å²) < 4.78 is 38.3. The fraction of sp³-hybridized carbons (Fsp3) is 0.0909. The molecule has 3 aromatic carbocycles. The summed E-state index contributed by atoms with van der Waals surface area (Å²) in [6.45, 7) is 0.0916. The van der Waals surface area contributed by atoms with E-state index in [2.05, 4.69) is 10.6 Å². The van der Waals surface area contributed by atoms with Crippen LogP contribution in [0.4, 0.5) is 20.2 Å². The van der Waals surface area contributed by atoms with Crippen molar-refractivity contribution in [1.29, 1.82) is 0 Å². The molecule has 6 nitrogen and oxygen atoms in total. The minimum Gasteiger partial charge on any atom is -0.454 e. The normalized spacial score (nSPS) is 11.8. The molecule has 30 heavy (non-hydrogen) atoms. The van der Waals surface area contributed by atoms with E-state index in [1.54, 1.807) is 18.2 Å². The third-order valence-electron chi connectivity index (χ3n) is 4.44. The number of nitrogens with one attached hydrogen (secondary N) is 2. The van der Waals surface area contributed by atoms with Gasteiger partial charge in [0.1, 0.15) is 11.6 Å². The van der Waals surface area contributed by atoms with Crippen LogP contribution in [0, 0.1) is 11.6 Å². The molecule has 0 bridgehead atoms. The van der Waals surface area contributed by atoms with Crippen molar-refractivity contribution in [1.82, 2.24) is 0 Å². The van der Waals surface area contributed by atoms with Gasteiger partial charge in [-0.05, 0) is 48.0 Å². The molecule has 0 spiro atoms. The Labute approximate surface area is 170 Å². The van der Waals surface area contributed by atoms with Crippen LogP contribution in [-0.4, -0.2) is 18.6 Å². The second kappa shape index (κ2) is 8.20. The maximum Gasteiger partial charge on any atom is 0.255 e. The van der Waals surface area contributed by atoms with E-state index in [0.717, 1.165) is 6.07 Å². The Morgan fingerprint density at radius 3 is 2.50 bits per heavy atom. The molecule has 0 saturated carbocycles. The molecule has 1 aliphatic rings. The maximum atomic E-state index is 14.1. The number of hydrogen-bond donors (Lipinski definition) is 2. The molecule has 1 aliphatic heterocycles. The SMILES string of the molecule is O=C(Cc1ccccc1F)Nc1cc(NC(=O)c2ccc3c(c2)OCO3)ccc1F. The zero-order valence-corrected chi connectivity index (χ0v) is 15.6. The van der Waals surface area contributed by atoms with Crippen LogP contribution in [-0.2, 0) is 11.2 Å². The molecule has 4 rings (SSSR count). The number of halogens is 2. The summed E-state index contributed by atoms with van der Waals surface area (Å²) in [7, 11) is 0. The van der Waals surface area contributed by atoms with Gasteiger partial charge in [-0.15, -0.1) is 0 Å². The first kappa shape index (κ1) is 19.4. The van der Waals surface area contributed by atoms with Crippen LogP contribution in [0.25, 0.3) is 0 Å². The summed E-state index contributed by atoms with van der Waals surface area (Å²) in [5, 5.41) is 5.04. The number of rotatable bonds is 5. The number of hydrogen-bond acceptors (Lipinski definition) is 4. The highest BCUT2D eigenvalue weighted by Crippen LogP contribution is 2.32. The molecule has 8 heteroatoms. The van der Waals surface area contributed by atoms with Crippen LogP contribution in [0.2, 0.25) is 0 Å². The molecule has 0 unspecified atom stereocenters. The van der Waals surface area contributed by atoms with Crippen molar-refractivity contribution < 1.29 is 27.8 Å². The third kappa shape index (κ3) is 4.22. The highest BCUT2D eigenvalue weighted by molar-refractivity contribution is 6.05. The quantitative estimate of drug-likeness (QED) is 0.663. The summed E-state index contributed by atoms with van der Waals surface area (Å²) in [5.74, 6) is -1.21. The number of amides is 2. The second-order valence-corrected chi connectivity index (χ2v) is 6.53. The van der Waals surface area contributed by atoms with Crippen LogP contribution in [0.3, 0.4) is 0 Å². The monoisotopic (exact) mass is 410 g/mol. The van der Waals surface area contributed by atoms with Gasteiger partial charge in [-0.3, -0.25) is 9.59 Å². The predicted octanol–water partition coefficient (Wildman–Crippen LogP) is 4.13. The average Bonchev–Trinajstić information content (AvgIpc) is 3.20. The minimum atomic E-state index is -0.682. The fourth-order valence-electron chi connectivity index (χ4n) is 2.95. The minimum absolute atomic E-state index is 0.0916. The van der Waals surface area contributed by atoms with Crippen LogP contribution in [0.5, 0.6) is 11.5 Å². The Balaban J connectivity index is 1.45. The van der Waals surface area contributed by atoms with Crippen LogP contribution in [0.1, 0.15) is 15.9 Å². The largest absolute Gasteiger partial charge is 0.454 e. The summed E-state index contributed by atoms with van der Waals surface area (Å²) in [6, 6.07) is 14.4. The van der Waals surface area contributed by atoms with Gasteiger partial charge in [-0.1, -0.05) is 18.2 Å². The number of benzene rings is 3. The molecule has 0 saturated heterocycles. The van der Waals surface area contributed by atoms with Crippen molar-refractivity contribution in [2.24, 2.45) is 0 Å². The zero-order valence-electron chi connectivity index (χ0n) is 15.6. The molecule has 0 fully saturated rings. The van der Waals surface area contributed by atoms with Gasteiger partial charge in [0.05, 0.1) is 12.1 Å². The lowest BCUT2D eigenvalue weighted by atomic mass is 10.1. The van der Waals surface area contributed by atoms with E-state index in [1.807, 2.05) is 0 Å². The van der Waals surface area contributed by atoms with Crippen molar-refractivity contribution in [2.45, 2.75) is 6.42 Å². The molecular weight excluding hydrogens is 394 g/mol. The molecule has 0 aliphatic carbocycles. The van der Waals surface area contributed by atoms with Gasteiger partial charge in [0.25, 0.3) is 5.91 Å². The topological polar surface area (TPSA) is 76.7 Å². The first-order valence-corrected chi connectivity index (χ1v) is 9.03. The van der Waals surface area contributed by atoms with Gasteiger partial charge < -0.3 is 20.1 Å². The number of ether oxygens (including phenoxy) is 2. The number of fused-ring (bicyclic) bond motifs is 1. The zero-order chi connectivity index (χ0) is 21.1. The molecule has 0 radical (unpaired) electrons. The van der Waals surface area contributed by atoms with Crippen LogP contribution >= 0.6 is 0 Å². The lowest BCUT2D eigenvalue weighted by Gasteiger charge is -2.11. The van der Waals surface area contributed by atoms with E-state index in [4.69, 9.17) is 9.47 Å². The first-order chi connectivity index (χ1) is 14.5. The predicted molar refractivity (Wildman–Crippen MR) is 106 cm³/mol. The molecule has 2 amide bonds. The summed E-state index contributed by atoms with van der Waals surface area (Å²) in [4.78, 5) is 24.7. The van der Waals surface area contributed by atoms with Crippen LogP contribution in [0.15, 0.2) is 60.7 Å². The molecule has 1 heterocycles. The van der Waals surface area contributed by atoms with Crippen molar-refractivity contribution in [3.63, 3.8) is 0 Å². The smallest absolute Gasteiger partial charge is 0.255 e. The van der Waals surface area contributed by atoms with E-state index in [0.29, 0.717) is 17.1 Å². The van der Waals surface area contributed by atoms with E-state index in [-0.39, 0.29) is 30.2 Å². The molecule has 3 aromatic rings. The van der Waals surface area contributed by atoms with Gasteiger partial charge >= 0.3 is 0 Å². The van der Waals surface area contributed by atoms with E-state index < -0.39 is 23.4 Å². The fourth-order valence-corrected chi connectivity index (χ4v) is 2.95. The van der Waals surface area contributed by atoms with Gasteiger partial charge in [-0.25, -0.2) is 8.78 Å². The number of carbonyl (C=O) groups excluding carboxylic acids is 2. The highest BCUT2D eigenvalue weighted by atomic mass is 19.1. The number of anilines is 2. The maximum absolute atomic E-state index is 14.1. The Morgan fingerprint density at radius 2 is 1.67 bits per heavy atom. The van der Waals surface area contributed by atoms with Gasteiger partial charge in [0.2, 0.25) is 12.7 Å². The Bertz CT molecular complexity index is 1130. The van der Waals surface area contributed by atoms with Crippen molar-refractivity contribution >= 4 is 23.2 Å². The van der Waals surface area contributed by atoms with E-state index in [1.165, 1.54) is 36.4 Å². The molecule has 2 N–H and O–H groups in total. The van der Waals surface area contributed by atoms with Gasteiger partial charge in [0.15, 0.2) is 11.5 Å². The Hall–Kier alpha value is -3.94. The summed E-state index contributed by atoms with van der Waals surface area (Å²) in [6.07, 6.45) is -0.250. The van der Waals surface area contributed by atoms with Gasteiger partial charge in [0, 0.05) is 11.3 Å². The number of carbonyl (C=O) groups is 2. The van der Waals surface area contributed by atoms with Crippen molar-refractivity contribution in [3.05, 3.63) is 83.4 Å². The Kier molecular flexibility index (Phi) is 5.30. The molecule has 0 atom stereocenters. The van der Waals surface area contributed by atoms with Crippen LogP contribution < -0.4 is 20.1 Å². The highest BCUT2D eigenvalue weighted by Gasteiger charge is 2.17. The van der Waals surface area contributed by atoms with Crippen molar-refractivity contribution in [3.8, 4) is 11.5 Å². The molecule has 152 valence electrons. The third-order valence-corrected chi connectivity index (χ3v) is 4.44. The Morgan fingerprint density at radius 1 is 0.867 bits per heavy atom. The van der Waals surface area contributed by atoms with Crippen molar-refractivity contribution in [2.75, 3.05) is 17.4 Å². The first-order valence-electron chi connectivity index (χ1n) is 9.03.